The lowest BCUT2D eigenvalue weighted by Gasteiger charge is -2.28. The zero-order chi connectivity index (χ0) is 12.6. The minimum atomic E-state index is -0.189. The van der Waals surface area contributed by atoms with Crippen LogP contribution in [0.2, 0.25) is 0 Å². The highest BCUT2D eigenvalue weighted by molar-refractivity contribution is 7.98. The minimum absolute atomic E-state index is 0.0127. The zero-order valence-electron chi connectivity index (χ0n) is 10.7. The Labute approximate surface area is 105 Å². The van der Waals surface area contributed by atoms with Gasteiger partial charge in [-0.05, 0) is 5.41 Å². The molecule has 0 aromatic carbocycles. The third-order valence-electron chi connectivity index (χ3n) is 2.88. The quantitative estimate of drug-likeness (QED) is 0.879. The Morgan fingerprint density at radius 3 is 2.71 bits per heavy atom. The van der Waals surface area contributed by atoms with Gasteiger partial charge in [0.25, 0.3) is 5.56 Å². The molecule has 1 aromatic rings. The van der Waals surface area contributed by atoms with Gasteiger partial charge < -0.3 is 9.72 Å². The Bertz CT molecular complexity index is 476. The van der Waals surface area contributed by atoms with E-state index < -0.39 is 0 Å². The van der Waals surface area contributed by atoms with Gasteiger partial charge in [-0.1, -0.05) is 20.8 Å². The van der Waals surface area contributed by atoms with Crippen molar-refractivity contribution in [1.82, 2.24) is 9.97 Å². The smallest absolute Gasteiger partial charge is 0.255 e. The molecule has 2 rings (SSSR count). The zero-order valence-corrected chi connectivity index (χ0v) is 11.5. The summed E-state index contributed by atoms with van der Waals surface area (Å²) in [5, 5.41) is 0. The van der Waals surface area contributed by atoms with Crippen molar-refractivity contribution >= 4 is 11.8 Å². The van der Waals surface area contributed by atoms with Crippen LogP contribution in [0.25, 0.3) is 0 Å². The van der Waals surface area contributed by atoms with Crippen molar-refractivity contribution in [2.24, 2.45) is 5.41 Å². The maximum atomic E-state index is 11.9. The third kappa shape index (κ3) is 2.40. The molecule has 0 saturated heterocycles. The molecular weight excluding hydrogens is 236 g/mol. The molecule has 0 aliphatic carbocycles. The molecule has 0 fully saturated rings. The highest BCUT2D eigenvalue weighted by atomic mass is 32.2. The van der Waals surface area contributed by atoms with E-state index in [9.17, 15) is 4.79 Å². The second kappa shape index (κ2) is 4.46. The lowest BCUT2D eigenvalue weighted by Crippen LogP contribution is -2.26. The Morgan fingerprint density at radius 1 is 1.41 bits per heavy atom. The molecule has 1 N–H and O–H groups in total. The molecule has 17 heavy (non-hydrogen) atoms. The number of aromatic nitrogens is 2. The highest BCUT2D eigenvalue weighted by Crippen LogP contribution is 2.34. The summed E-state index contributed by atoms with van der Waals surface area (Å²) in [6, 6.07) is 0. The topological polar surface area (TPSA) is 55.0 Å². The maximum absolute atomic E-state index is 11.9. The van der Waals surface area contributed by atoms with E-state index >= 15 is 0 Å². The van der Waals surface area contributed by atoms with Crippen LogP contribution in [0.15, 0.2) is 4.79 Å². The summed E-state index contributed by atoms with van der Waals surface area (Å²) >= 11 is 1.73. The fourth-order valence-electron chi connectivity index (χ4n) is 2.08. The number of methoxy groups -OCH3 is 1. The number of nitrogens with one attached hydrogen (secondary N) is 1. The van der Waals surface area contributed by atoms with E-state index in [1.54, 1.807) is 18.9 Å². The number of rotatable bonds is 2. The maximum Gasteiger partial charge on any atom is 0.255 e. The molecule has 4 nitrogen and oxygen atoms in total. The fraction of sp³-hybridized carbons (Fsp3) is 0.667. The SMILES string of the molecule is COC(c1nc2c(c(=O)[nH]1)CSC2)C(C)(C)C. The van der Waals surface area contributed by atoms with Crippen LogP contribution in [0.1, 0.15) is 44.0 Å². The Morgan fingerprint density at radius 2 is 2.12 bits per heavy atom. The fourth-order valence-corrected chi connectivity index (χ4v) is 3.12. The van der Waals surface area contributed by atoms with E-state index in [1.807, 2.05) is 0 Å². The number of ether oxygens (including phenoxy) is 1. The van der Waals surface area contributed by atoms with E-state index in [1.165, 1.54) is 0 Å². The second-order valence-electron chi connectivity index (χ2n) is 5.35. The van der Waals surface area contributed by atoms with Crippen molar-refractivity contribution in [2.45, 2.75) is 38.4 Å². The first-order chi connectivity index (χ1) is 7.93. The predicted molar refractivity (Wildman–Crippen MR) is 69.1 cm³/mol. The molecule has 0 radical (unpaired) electrons. The van der Waals surface area contributed by atoms with Gasteiger partial charge in [-0.2, -0.15) is 11.8 Å². The average Bonchev–Trinajstić information content (AvgIpc) is 2.64. The van der Waals surface area contributed by atoms with Gasteiger partial charge in [0.05, 0.1) is 5.69 Å². The van der Waals surface area contributed by atoms with Crippen molar-refractivity contribution in [3.63, 3.8) is 0 Å². The number of hydrogen-bond donors (Lipinski definition) is 1. The molecule has 0 spiro atoms. The second-order valence-corrected chi connectivity index (χ2v) is 6.34. The van der Waals surface area contributed by atoms with Gasteiger partial charge in [0.15, 0.2) is 0 Å². The van der Waals surface area contributed by atoms with Gasteiger partial charge >= 0.3 is 0 Å². The van der Waals surface area contributed by atoms with Crippen LogP contribution in [-0.2, 0) is 16.2 Å². The summed E-state index contributed by atoms with van der Waals surface area (Å²) in [6.45, 7) is 6.22. The first-order valence-electron chi connectivity index (χ1n) is 5.66. The minimum Gasteiger partial charge on any atom is -0.373 e. The van der Waals surface area contributed by atoms with Gasteiger partial charge in [-0.25, -0.2) is 4.98 Å². The third-order valence-corrected chi connectivity index (χ3v) is 3.85. The summed E-state index contributed by atoms with van der Waals surface area (Å²) in [5.41, 5.74) is 1.63. The van der Waals surface area contributed by atoms with E-state index in [0.717, 1.165) is 22.8 Å². The summed E-state index contributed by atoms with van der Waals surface area (Å²) in [4.78, 5) is 19.3. The molecule has 0 amide bonds. The van der Waals surface area contributed by atoms with Crippen molar-refractivity contribution in [1.29, 1.82) is 0 Å². The monoisotopic (exact) mass is 254 g/mol. The van der Waals surface area contributed by atoms with Gasteiger partial charge in [0.1, 0.15) is 11.9 Å². The Hall–Kier alpha value is -0.810. The van der Waals surface area contributed by atoms with Crippen LogP contribution in [0.3, 0.4) is 0 Å². The molecular formula is C12H18N2O2S. The molecule has 5 heteroatoms. The number of thioether (sulfide) groups is 1. The molecule has 94 valence electrons. The van der Waals surface area contributed by atoms with Crippen LogP contribution in [-0.4, -0.2) is 17.1 Å². The predicted octanol–water partition coefficient (Wildman–Crippen LogP) is 2.25. The van der Waals surface area contributed by atoms with Crippen LogP contribution in [0, 0.1) is 5.41 Å². The summed E-state index contributed by atoms with van der Waals surface area (Å²) in [5.74, 6) is 2.24. The molecule has 1 aliphatic heterocycles. The Kier molecular flexibility index (Phi) is 3.32. The van der Waals surface area contributed by atoms with Crippen LogP contribution in [0.4, 0.5) is 0 Å². The number of hydrogen-bond acceptors (Lipinski definition) is 4. The van der Waals surface area contributed by atoms with Gasteiger partial charge in [-0.3, -0.25) is 4.79 Å². The number of fused-ring (bicyclic) bond motifs is 1. The normalized spacial score (nSPS) is 16.9. The van der Waals surface area contributed by atoms with Crippen molar-refractivity contribution in [3.05, 3.63) is 27.4 Å². The summed E-state index contributed by atoms with van der Waals surface area (Å²) in [6.07, 6.45) is -0.189. The molecule has 0 saturated carbocycles. The van der Waals surface area contributed by atoms with Crippen molar-refractivity contribution in [2.75, 3.05) is 7.11 Å². The standard InChI is InChI=1S/C12H18N2O2S/c1-12(2,3)9(16-4)10-13-8-6-17-5-7(8)11(15)14-10/h9H,5-6H2,1-4H3,(H,13,14,15). The summed E-state index contributed by atoms with van der Waals surface area (Å²) < 4.78 is 5.48. The largest absolute Gasteiger partial charge is 0.373 e. The van der Waals surface area contributed by atoms with Crippen LogP contribution < -0.4 is 5.56 Å². The molecule has 1 atom stereocenters. The van der Waals surface area contributed by atoms with E-state index in [0.29, 0.717) is 5.82 Å². The molecule has 0 bridgehead atoms. The first kappa shape index (κ1) is 12.6. The molecule has 2 heterocycles. The number of H-pyrrole nitrogens is 1. The van der Waals surface area contributed by atoms with Gasteiger partial charge in [0, 0.05) is 24.2 Å². The first-order valence-corrected chi connectivity index (χ1v) is 6.81. The average molecular weight is 254 g/mol. The number of aromatic amines is 1. The van der Waals surface area contributed by atoms with E-state index in [2.05, 4.69) is 30.7 Å². The lowest BCUT2D eigenvalue weighted by molar-refractivity contribution is 0.00834. The van der Waals surface area contributed by atoms with Crippen molar-refractivity contribution < 1.29 is 4.74 Å². The molecule has 1 aliphatic rings. The molecule has 1 unspecified atom stereocenters. The van der Waals surface area contributed by atoms with Crippen molar-refractivity contribution in [3.8, 4) is 0 Å². The highest BCUT2D eigenvalue weighted by Gasteiger charge is 2.30. The Balaban J connectivity index is 2.46. The van der Waals surface area contributed by atoms with Crippen LogP contribution in [0.5, 0.6) is 0 Å². The number of nitrogens with zero attached hydrogens (tertiary/aromatic N) is 1. The van der Waals surface area contributed by atoms with Crippen LogP contribution >= 0.6 is 11.8 Å². The summed E-state index contributed by atoms with van der Waals surface area (Å²) in [7, 11) is 1.65. The van der Waals surface area contributed by atoms with Gasteiger partial charge in [-0.15, -0.1) is 0 Å². The lowest BCUT2D eigenvalue weighted by atomic mass is 9.88. The molecule has 1 aromatic heterocycles. The van der Waals surface area contributed by atoms with Gasteiger partial charge in [0.2, 0.25) is 0 Å². The van der Waals surface area contributed by atoms with E-state index in [4.69, 9.17) is 4.74 Å². The van der Waals surface area contributed by atoms with E-state index in [-0.39, 0.29) is 17.1 Å².